The molecule has 0 saturated heterocycles. The Morgan fingerprint density at radius 2 is 2.00 bits per heavy atom. The number of pyridine rings is 1. The predicted molar refractivity (Wildman–Crippen MR) is 93.0 cm³/mol. The van der Waals surface area contributed by atoms with Crippen LogP contribution in [-0.2, 0) is 12.7 Å². The quantitative estimate of drug-likeness (QED) is 0.532. The maximum Gasteiger partial charge on any atom is 0.417 e. The maximum absolute atomic E-state index is 12.6. The van der Waals surface area contributed by atoms with Gasteiger partial charge in [-0.2, -0.15) is 13.2 Å². The molecule has 0 saturated carbocycles. The molecule has 0 amide bonds. The van der Waals surface area contributed by atoms with E-state index in [9.17, 15) is 13.2 Å². The second-order valence-corrected chi connectivity index (χ2v) is 5.99. The number of hydrazine groups is 1. The number of rotatable bonds is 4. The van der Waals surface area contributed by atoms with Crippen LogP contribution in [0.25, 0.3) is 0 Å². The topological polar surface area (TPSA) is 67.4 Å². The van der Waals surface area contributed by atoms with E-state index in [-0.39, 0.29) is 22.7 Å². The van der Waals surface area contributed by atoms with E-state index >= 15 is 0 Å². The second kappa shape index (κ2) is 7.42. The van der Waals surface area contributed by atoms with Crippen LogP contribution in [0, 0.1) is 0 Å². The summed E-state index contributed by atoms with van der Waals surface area (Å²) < 4.78 is 48.2. The molecule has 1 aliphatic rings. The van der Waals surface area contributed by atoms with Gasteiger partial charge in [0.05, 0.1) is 10.6 Å². The van der Waals surface area contributed by atoms with Crippen LogP contribution in [0.1, 0.15) is 11.1 Å². The number of aromatic nitrogens is 1. The monoisotopic (exact) mass is 404 g/mol. The molecule has 0 radical (unpaired) electrons. The highest BCUT2D eigenvalue weighted by Gasteiger charge is 2.31. The highest BCUT2D eigenvalue weighted by atomic mass is 35.5. The summed E-state index contributed by atoms with van der Waals surface area (Å²) in [6.07, 6.45) is -3.83. The smallest absolute Gasteiger partial charge is 0.417 e. The van der Waals surface area contributed by atoms with Gasteiger partial charge in [0.2, 0.25) is 6.79 Å². The van der Waals surface area contributed by atoms with Crippen molar-refractivity contribution >= 4 is 34.7 Å². The molecular weight excluding hydrogens is 393 g/mol. The Balaban J connectivity index is 1.51. The molecule has 0 bridgehead atoms. The number of anilines is 1. The number of thiocarbonyl (C=S) groups is 1. The van der Waals surface area contributed by atoms with E-state index in [2.05, 4.69) is 21.2 Å². The van der Waals surface area contributed by atoms with Gasteiger partial charge in [0, 0.05) is 12.7 Å². The van der Waals surface area contributed by atoms with Gasteiger partial charge in [-0.15, -0.1) is 0 Å². The zero-order valence-corrected chi connectivity index (χ0v) is 14.6. The third-order valence-corrected chi connectivity index (χ3v) is 3.89. The molecule has 1 aromatic carbocycles. The van der Waals surface area contributed by atoms with E-state index in [4.69, 9.17) is 33.3 Å². The van der Waals surface area contributed by atoms with Gasteiger partial charge in [0.25, 0.3) is 0 Å². The molecule has 0 spiro atoms. The van der Waals surface area contributed by atoms with Crippen molar-refractivity contribution < 1.29 is 22.6 Å². The molecule has 0 unspecified atom stereocenters. The van der Waals surface area contributed by atoms with Crippen LogP contribution >= 0.6 is 23.8 Å². The van der Waals surface area contributed by atoms with Gasteiger partial charge in [0.15, 0.2) is 22.4 Å². The maximum atomic E-state index is 12.6. The first-order valence-electron chi connectivity index (χ1n) is 7.24. The molecule has 3 N–H and O–H groups in total. The minimum atomic E-state index is -4.51. The van der Waals surface area contributed by atoms with Gasteiger partial charge in [-0.25, -0.2) is 4.98 Å². The summed E-state index contributed by atoms with van der Waals surface area (Å²) in [7, 11) is 0. The van der Waals surface area contributed by atoms with Gasteiger partial charge in [-0.05, 0) is 36.0 Å². The van der Waals surface area contributed by atoms with Crippen LogP contribution in [0.2, 0.25) is 5.02 Å². The summed E-state index contributed by atoms with van der Waals surface area (Å²) in [5.74, 6) is 1.35. The van der Waals surface area contributed by atoms with Crippen molar-refractivity contribution in [2.75, 3.05) is 12.2 Å². The Kier molecular flexibility index (Phi) is 5.23. The van der Waals surface area contributed by atoms with Crippen LogP contribution in [-0.4, -0.2) is 16.9 Å². The zero-order valence-electron chi connectivity index (χ0n) is 13.0. The zero-order chi connectivity index (χ0) is 18.7. The summed E-state index contributed by atoms with van der Waals surface area (Å²) >= 11 is 10.9. The van der Waals surface area contributed by atoms with Crippen molar-refractivity contribution in [3.8, 4) is 11.5 Å². The average molecular weight is 405 g/mol. The average Bonchev–Trinajstić information content (AvgIpc) is 3.05. The molecule has 6 nitrogen and oxygen atoms in total. The van der Waals surface area contributed by atoms with Gasteiger partial charge in [-0.1, -0.05) is 17.7 Å². The Hall–Kier alpha value is -2.46. The summed E-state index contributed by atoms with van der Waals surface area (Å²) in [6.45, 7) is 0.593. The van der Waals surface area contributed by atoms with Crippen molar-refractivity contribution in [1.29, 1.82) is 0 Å². The van der Waals surface area contributed by atoms with Gasteiger partial charge < -0.3 is 14.8 Å². The van der Waals surface area contributed by atoms with Crippen molar-refractivity contribution in [2.24, 2.45) is 0 Å². The third kappa shape index (κ3) is 4.38. The van der Waals surface area contributed by atoms with Gasteiger partial charge in [-0.3, -0.25) is 10.9 Å². The molecule has 0 fully saturated rings. The van der Waals surface area contributed by atoms with E-state index in [0.29, 0.717) is 24.2 Å². The molecule has 2 heterocycles. The number of halogens is 4. The second-order valence-electron chi connectivity index (χ2n) is 5.17. The summed E-state index contributed by atoms with van der Waals surface area (Å²) in [5, 5.41) is 2.95. The van der Waals surface area contributed by atoms with Crippen molar-refractivity contribution in [3.05, 3.63) is 46.6 Å². The molecule has 11 heteroatoms. The molecule has 3 rings (SSSR count). The minimum absolute atomic E-state index is 0.0203. The van der Waals surface area contributed by atoms with E-state index < -0.39 is 11.7 Å². The van der Waals surface area contributed by atoms with Crippen LogP contribution in [0.5, 0.6) is 11.5 Å². The Morgan fingerprint density at radius 1 is 1.23 bits per heavy atom. The van der Waals surface area contributed by atoms with Crippen molar-refractivity contribution in [3.63, 3.8) is 0 Å². The van der Waals surface area contributed by atoms with E-state index in [1.54, 1.807) is 6.07 Å². The van der Waals surface area contributed by atoms with Crippen LogP contribution in [0.4, 0.5) is 19.0 Å². The summed E-state index contributed by atoms with van der Waals surface area (Å²) in [6, 6.07) is 6.24. The van der Waals surface area contributed by atoms with Crippen molar-refractivity contribution in [1.82, 2.24) is 15.7 Å². The lowest BCUT2D eigenvalue weighted by atomic mass is 10.2. The van der Waals surface area contributed by atoms with Crippen LogP contribution in [0.15, 0.2) is 30.5 Å². The SMILES string of the molecule is FC(F)(F)c1cnc(NNC(=S)NCc2ccc3c(c2)OCO3)c(Cl)c1. The molecule has 2 aromatic rings. The van der Waals surface area contributed by atoms with Gasteiger partial charge >= 0.3 is 6.18 Å². The molecule has 26 heavy (non-hydrogen) atoms. The molecule has 138 valence electrons. The number of alkyl halides is 3. The number of nitrogens with zero attached hydrogens (tertiary/aromatic N) is 1. The lowest BCUT2D eigenvalue weighted by Gasteiger charge is -2.14. The molecule has 1 aromatic heterocycles. The van der Waals surface area contributed by atoms with E-state index in [1.165, 1.54) is 0 Å². The normalized spacial score (nSPS) is 12.6. The summed E-state index contributed by atoms with van der Waals surface area (Å²) in [4.78, 5) is 3.63. The number of hydrogen-bond acceptors (Lipinski definition) is 5. The lowest BCUT2D eigenvalue weighted by Crippen LogP contribution is -2.38. The Morgan fingerprint density at radius 3 is 2.73 bits per heavy atom. The first-order chi connectivity index (χ1) is 12.3. The lowest BCUT2D eigenvalue weighted by molar-refractivity contribution is -0.137. The van der Waals surface area contributed by atoms with Gasteiger partial charge in [0.1, 0.15) is 0 Å². The third-order valence-electron chi connectivity index (χ3n) is 3.35. The first kappa shape index (κ1) is 18.3. The number of hydrogen-bond donors (Lipinski definition) is 3. The number of nitrogens with one attached hydrogen (secondary N) is 3. The van der Waals surface area contributed by atoms with E-state index in [0.717, 1.165) is 11.6 Å². The van der Waals surface area contributed by atoms with Crippen LogP contribution in [0.3, 0.4) is 0 Å². The standard InChI is InChI=1S/C15H12ClF3N4O2S/c16-10-4-9(15(17,18)19)6-20-13(10)22-23-14(26)21-5-8-1-2-11-12(3-8)25-7-24-11/h1-4,6H,5,7H2,(H,20,22)(H2,21,23,26). The Bertz CT molecular complexity index is 835. The fraction of sp³-hybridized carbons (Fsp3) is 0.200. The fourth-order valence-electron chi connectivity index (χ4n) is 2.08. The number of ether oxygens (including phenoxy) is 2. The molecule has 1 aliphatic heterocycles. The molecule has 0 atom stereocenters. The number of fused-ring (bicyclic) bond motifs is 1. The highest BCUT2D eigenvalue weighted by molar-refractivity contribution is 7.80. The molecule has 0 aliphatic carbocycles. The Labute approximate surface area is 156 Å². The summed E-state index contributed by atoms with van der Waals surface area (Å²) in [5.41, 5.74) is 5.14. The molecular formula is C15H12ClF3N4O2S. The predicted octanol–water partition coefficient (Wildman–Crippen LogP) is 3.47. The van der Waals surface area contributed by atoms with Crippen molar-refractivity contribution in [2.45, 2.75) is 12.7 Å². The van der Waals surface area contributed by atoms with Crippen LogP contribution < -0.4 is 25.6 Å². The largest absolute Gasteiger partial charge is 0.454 e. The number of benzene rings is 1. The fourth-order valence-corrected chi connectivity index (χ4v) is 2.42. The highest BCUT2D eigenvalue weighted by Crippen LogP contribution is 2.33. The first-order valence-corrected chi connectivity index (χ1v) is 8.02. The minimum Gasteiger partial charge on any atom is -0.454 e. The van der Waals surface area contributed by atoms with E-state index in [1.807, 2.05) is 12.1 Å².